The summed E-state index contributed by atoms with van der Waals surface area (Å²) in [6, 6.07) is 7.84. The second-order valence-corrected chi connectivity index (χ2v) is 3.90. The summed E-state index contributed by atoms with van der Waals surface area (Å²) in [5.74, 6) is 0. The highest BCUT2D eigenvalue weighted by atomic mass is 16.3. The molecule has 1 aromatic carbocycles. The van der Waals surface area contributed by atoms with Gasteiger partial charge >= 0.3 is 0 Å². The molecule has 2 unspecified atom stereocenters. The van der Waals surface area contributed by atoms with Crippen molar-refractivity contribution in [1.29, 1.82) is 0 Å². The average Bonchev–Trinajstić information content (AvgIpc) is 2.56. The van der Waals surface area contributed by atoms with Gasteiger partial charge < -0.3 is 14.8 Å². The Morgan fingerprint density at radius 3 is 2.53 bits per heavy atom. The molecule has 0 spiro atoms. The van der Waals surface area contributed by atoms with Gasteiger partial charge in [0, 0.05) is 29.7 Å². The Morgan fingerprint density at radius 1 is 1.20 bits per heavy atom. The Hall–Kier alpha value is -1.32. The van der Waals surface area contributed by atoms with Gasteiger partial charge in [0.05, 0.1) is 6.10 Å². The van der Waals surface area contributed by atoms with Gasteiger partial charge in [0.25, 0.3) is 0 Å². The van der Waals surface area contributed by atoms with Gasteiger partial charge in [0.2, 0.25) is 0 Å². The monoisotopic (exact) mass is 205 g/mol. The van der Waals surface area contributed by atoms with Crippen molar-refractivity contribution >= 4 is 10.9 Å². The summed E-state index contributed by atoms with van der Waals surface area (Å²) < 4.78 is 1.95. The molecule has 0 aliphatic heterocycles. The largest absolute Gasteiger partial charge is 0.390 e. The summed E-state index contributed by atoms with van der Waals surface area (Å²) in [4.78, 5) is 0. The van der Waals surface area contributed by atoms with E-state index in [1.165, 1.54) is 0 Å². The molecule has 0 radical (unpaired) electrons. The Bertz CT molecular complexity index is 473. The quantitative estimate of drug-likeness (QED) is 0.782. The average molecular weight is 205 g/mol. The molecule has 2 atom stereocenters. The lowest BCUT2D eigenvalue weighted by atomic mass is 10.0. The predicted octanol–water partition coefficient (Wildman–Crippen LogP) is 1.59. The van der Waals surface area contributed by atoms with Gasteiger partial charge in [-0.2, -0.15) is 0 Å². The van der Waals surface area contributed by atoms with E-state index in [4.69, 9.17) is 0 Å². The topological polar surface area (TPSA) is 45.4 Å². The number of hydrogen-bond acceptors (Lipinski definition) is 2. The lowest BCUT2D eigenvalue weighted by Crippen LogP contribution is -2.13. The third-order valence-electron chi connectivity index (χ3n) is 2.70. The molecule has 2 rings (SSSR count). The number of aliphatic hydroxyl groups excluding tert-OH is 2. The number of hydrogen-bond donors (Lipinski definition) is 2. The van der Waals surface area contributed by atoms with Crippen molar-refractivity contribution < 1.29 is 10.2 Å². The number of aromatic nitrogens is 1. The fourth-order valence-electron chi connectivity index (χ4n) is 1.87. The third-order valence-corrected chi connectivity index (χ3v) is 2.70. The van der Waals surface area contributed by atoms with Gasteiger partial charge in [-0.25, -0.2) is 0 Å². The van der Waals surface area contributed by atoms with Crippen molar-refractivity contribution in [1.82, 2.24) is 4.57 Å². The maximum Gasteiger partial charge on any atom is 0.107 e. The first kappa shape index (κ1) is 10.2. The van der Waals surface area contributed by atoms with Crippen LogP contribution in [-0.4, -0.2) is 20.9 Å². The Morgan fingerprint density at radius 2 is 1.87 bits per heavy atom. The first-order chi connectivity index (χ1) is 7.11. The molecular weight excluding hydrogens is 190 g/mol. The van der Waals surface area contributed by atoms with Crippen LogP contribution >= 0.6 is 0 Å². The van der Waals surface area contributed by atoms with E-state index in [0.29, 0.717) is 0 Å². The first-order valence-corrected chi connectivity index (χ1v) is 5.01. The molecule has 1 heterocycles. The van der Waals surface area contributed by atoms with Gasteiger partial charge in [0.1, 0.15) is 6.10 Å². The summed E-state index contributed by atoms with van der Waals surface area (Å²) >= 11 is 0. The lowest BCUT2D eigenvalue weighted by Gasteiger charge is -2.12. The van der Waals surface area contributed by atoms with Gasteiger partial charge in [-0.3, -0.25) is 0 Å². The van der Waals surface area contributed by atoms with Crippen molar-refractivity contribution in [2.75, 3.05) is 0 Å². The highest BCUT2D eigenvalue weighted by Crippen LogP contribution is 2.27. The maximum atomic E-state index is 9.85. The van der Waals surface area contributed by atoms with Gasteiger partial charge in [0.15, 0.2) is 0 Å². The fourth-order valence-corrected chi connectivity index (χ4v) is 1.87. The number of benzene rings is 1. The second kappa shape index (κ2) is 3.68. The molecule has 3 heteroatoms. The number of aliphatic hydroxyl groups is 2. The summed E-state index contributed by atoms with van der Waals surface area (Å²) in [5.41, 5.74) is 1.84. The van der Waals surface area contributed by atoms with E-state index < -0.39 is 12.2 Å². The molecule has 0 bridgehead atoms. The minimum atomic E-state index is -0.823. The van der Waals surface area contributed by atoms with Crippen LogP contribution in [0.1, 0.15) is 18.6 Å². The van der Waals surface area contributed by atoms with Crippen LogP contribution in [0.3, 0.4) is 0 Å². The van der Waals surface area contributed by atoms with E-state index >= 15 is 0 Å². The lowest BCUT2D eigenvalue weighted by molar-refractivity contribution is 0.0313. The fraction of sp³-hybridized carbons (Fsp3) is 0.333. The first-order valence-electron chi connectivity index (χ1n) is 5.01. The van der Waals surface area contributed by atoms with E-state index in [1.54, 1.807) is 6.92 Å². The number of nitrogens with zero attached hydrogens (tertiary/aromatic N) is 1. The number of fused-ring (bicyclic) bond motifs is 1. The Kier molecular flexibility index (Phi) is 2.50. The standard InChI is InChI=1S/C12H15NO2/c1-8(14)12(15)10-7-13(2)11-6-4-3-5-9(10)11/h3-8,12,14-15H,1-2H3. The predicted molar refractivity (Wildman–Crippen MR) is 59.6 cm³/mol. The highest BCUT2D eigenvalue weighted by Gasteiger charge is 2.18. The molecule has 0 amide bonds. The summed E-state index contributed by atoms with van der Waals surface area (Å²) in [6.07, 6.45) is 0.286. The molecule has 0 fully saturated rings. The van der Waals surface area contributed by atoms with Crippen LogP contribution in [0.25, 0.3) is 10.9 Å². The van der Waals surface area contributed by atoms with Crippen LogP contribution in [0.2, 0.25) is 0 Å². The maximum absolute atomic E-state index is 9.85. The van der Waals surface area contributed by atoms with E-state index in [9.17, 15) is 10.2 Å². The molecule has 2 aromatic rings. The zero-order chi connectivity index (χ0) is 11.0. The van der Waals surface area contributed by atoms with E-state index in [1.807, 2.05) is 42.1 Å². The van der Waals surface area contributed by atoms with Gasteiger partial charge in [-0.05, 0) is 13.0 Å². The Labute approximate surface area is 88.6 Å². The van der Waals surface area contributed by atoms with Crippen LogP contribution in [0.15, 0.2) is 30.5 Å². The SMILES string of the molecule is CC(O)C(O)c1cn(C)c2ccccc12. The van der Waals surface area contributed by atoms with E-state index in [0.717, 1.165) is 16.5 Å². The molecular formula is C12H15NO2. The molecule has 2 N–H and O–H groups in total. The molecule has 0 aliphatic carbocycles. The molecule has 3 nitrogen and oxygen atoms in total. The highest BCUT2D eigenvalue weighted by molar-refractivity contribution is 5.84. The van der Waals surface area contributed by atoms with Crippen molar-refractivity contribution in [3.05, 3.63) is 36.0 Å². The third kappa shape index (κ3) is 1.64. The van der Waals surface area contributed by atoms with Crippen LogP contribution in [0, 0.1) is 0 Å². The number of rotatable bonds is 2. The molecule has 0 saturated carbocycles. The molecule has 80 valence electrons. The summed E-state index contributed by atoms with van der Waals surface area (Å²) in [7, 11) is 1.93. The number of aryl methyl sites for hydroxylation is 1. The van der Waals surface area contributed by atoms with Crippen molar-refractivity contribution in [2.24, 2.45) is 7.05 Å². The second-order valence-electron chi connectivity index (χ2n) is 3.90. The summed E-state index contributed by atoms with van der Waals surface area (Å²) in [6.45, 7) is 1.59. The van der Waals surface area contributed by atoms with Crippen LogP contribution in [-0.2, 0) is 7.05 Å². The normalized spacial score (nSPS) is 15.5. The van der Waals surface area contributed by atoms with Crippen molar-refractivity contribution in [3.8, 4) is 0 Å². The molecule has 0 saturated heterocycles. The summed E-state index contributed by atoms with van der Waals surface area (Å²) in [5, 5.41) is 20.2. The number of para-hydroxylation sites is 1. The van der Waals surface area contributed by atoms with Crippen LogP contribution in [0.5, 0.6) is 0 Å². The Balaban J connectivity index is 2.62. The van der Waals surface area contributed by atoms with Crippen LogP contribution in [0.4, 0.5) is 0 Å². The molecule has 1 aromatic heterocycles. The zero-order valence-corrected chi connectivity index (χ0v) is 8.88. The smallest absolute Gasteiger partial charge is 0.107 e. The van der Waals surface area contributed by atoms with E-state index in [-0.39, 0.29) is 0 Å². The van der Waals surface area contributed by atoms with Gasteiger partial charge in [-0.15, -0.1) is 0 Å². The van der Waals surface area contributed by atoms with Crippen molar-refractivity contribution in [2.45, 2.75) is 19.1 Å². The van der Waals surface area contributed by atoms with Crippen molar-refractivity contribution in [3.63, 3.8) is 0 Å². The van der Waals surface area contributed by atoms with Gasteiger partial charge in [-0.1, -0.05) is 18.2 Å². The minimum absolute atomic E-state index is 0.754. The minimum Gasteiger partial charge on any atom is -0.390 e. The van der Waals surface area contributed by atoms with Crippen LogP contribution < -0.4 is 0 Å². The van der Waals surface area contributed by atoms with E-state index in [2.05, 4.69) is 0 Å². The molecule has 15 heavy (non-hydrogen) atoms. The zero-order valence-electron chi connectivity index (χ0n) is 8.88. The molecule has 0 aliphatic rings.